The van der Waals surface area contributed by atoms with Gasteiger partial charge in [0, 0.05) is 73.9 Å². The van der Waals surface area contributed by atoms with Gasteiger partial charge in [-0.3, -0.25) is 9.59 Å². The predicted molar refractivity (Wildman–Crippen MR) is 135 cm³/mol. The lowest BCUT2D eigenvalue weighted by Gasteiger charge is -2.34. The summed E-state index contributed by atoms with van der Waals surface area (Å²) < 4.78 is 0. The number of carbonyl (C=O) groups is 2. The minimum Gasteiger partial charge on any atom is -0.361 e. The summed E-state index contributed by atoms with van der Waals surface area (Å²) in [5, 5.41) is 5.62. The molecule has 5 rings (SSSR count). The molecule has 1 aliphatic rings. The van der Waals surface area contributed by atoms with E-state index in [2.05, 4.69) is 25.2 Å². The largest absolute Gasteiger partial charge is 0.361 e. The number of carbonyl (C=O) groups excluding carboxylic acids is 2. The highest BCUT2D eigenvalue weighted by Gasteiger charge is 2.23. The molecule has 4 heterocycles. The van der Waals surface area contributed by atoms with Crippen LogP contribution in [0.25, 0.3) is 21.3 Å². The van der Waals surface area contributed by atoms with E-state index in [4.69, 9.17) is 11.6 Å². The van der Waals surface area contributed by atoms with Crippen LogP contribution in [0.1, 0.15) is 18.4 Å². The lowest BCUT2D eigenvalue weighted by atomic mass is 10.1. The molecule has 2 N–H and O–H groups in total. The summed E-state index contributed by atoms with van der Waals surface area (Å²) in [7, 11) is 0. The minimum absolute atomic E-state index is 0.0204. The first-order valence-corrected chi connectivity index (χ1v) is 12.5. The number of benzene rings is 1. The van der Waals surface area contributed by atoms with Crippen molar-refractivity contribution in [2.24, 2.45) is 0 Å². The van der Waals surface area contributed by atoms with Crippen LogP contribution in [0.3, 0.4) is 0 Å². The number of anilines is 1. The molecule has 1 aliphatic heterocycles. The van der Waals surface area contributed by atoms with Gasteiger partial charge in [-0.05, 0) is 42.3 Å². The molecule has 8 nitrogen and oxygen atoms in total. The Bertz CT molecular complexity index is 1290. The van der Waals surface area contributed by atoms with Gasteiger partial charge in [-0.15, -0.1) is 0 Å². The topological polar surface area (TPSA) is 94.2 Å². The number of halogens is 1. The maximum Gasteiger partial charge on any atom is 0.223 e. The molecule has 0 spiro atoms. The highest BCUT2D eigenvalue weighted by molar-refractivity contribution is 7.21. The molecule has 0 unspecified atom stereocenters. The van der Waals surface area contributed by atoms with Gasteiger partial charge < -0.3 is 20.1 Å². The zero-order valence-corrected chi connectivity index (χ0v) is 20.2. The van der Waals surface area contributed by atoms with Gasteiger partial charge in [0.05, 0.1) is 0 Å². The van der Waals surface area contributed by atoms with E-state index >= 15 is 0 Å². The summed E-state index contributed by atoms with van der Waals surface area (Å²) in [6, 6.07) is 9.57. The molecule has 2 amide bonds. The molecule has 3 aromatic heterocycles. The Labute approximate surface area is 205 Å². The zero-order chi connectivity index (χ0) is 23.5. The number of aromatic nitrogens is 3. The van der Waals surface area contributed by atoms with Gasteiger partial charge in [-0.1, -0.05) is 22.9 Å². The molecule has 0 atom stereocenters. The number of piperazine rings is 1. The lowest BCUT2D eigenvalue weighted by Crippen LogP contribution is -2.49. The number of pyridine rings is 1. The van der Waals surface area contributed by atoms with E-state index < -0.39 is 0 Å². The van der Waals surface area contributed by atoms with Gasteiger partial charge in [0.15, 0.2) is 5.13 Å². The van der Waals surface area contributed by atoms with Crippen molar-refractivity contribution in [1.82, 2.24) is 25.2 Å². The van der Waals surface area contributed by atoms with Crippen molar-refractivity contribution in [3.63, 3.8) is 0 Å². The first-order chi connectivity index (χ1) is 16.6. The van der Waals surface area contributed by atoms with Crippen LogP contribution in [0.4, 0.5) is 5.13 Å². The Morgan fingerprint density at radius 3 is 2.82 bits per heavy atom. The van der Waals surface area contributed by atoms with Crippen LogP contribution >= 0.6 is 22.9 Å². The van der Waals surface area contributed by atoms with Crippen LogP contribution in [0, 0.1) is 0 Å². The Hall–Kier alpha value is -3.17. The molecule has 0 aliphatic carbocycles. The highest BCUT2D eigenvalue weighted by atomic mass is 35.5. The molecule has 34 heavy (non-hydrogen) atoms. The molecule has 0 bridgehead atoms. The van der Waals surface area contributed by atoms with Gasteiger partial charge in [0.25, 0.3) is 0 Å². The monoisotopic (exact) mass is 496 g/mol. The summed E-state index contributed by atoms with van der Waals surface area (Å²) in [6.45, 7) is 3.24. The molecule has 176 valence electrons. The second-order valence-electron chi connectivity index (χ2n) is 8.30. The third kappa shape index (κ3) is 5.00. The number of nitrogens with one attached hydrogen (secondary N) is 2. The van der Waals surface area contributed by atoms with Gasteiger partial charge >= 0.3 is 0 Å². The molecule has 4 aromatic rings. The number of hydrogen-bond acceptors (Lipinski definition) is 6. The van der Waals surface area contributed by atoms with E-state index in [0.29, 0.717) is 31.1 Å². The quantitative estimate of drug-likeness (QED) is 0.407. The summed E-state index contributed by atoms with van der Waals surface area (Å²) in [4.78, 5) is 42.1. The molecular formula is C24H25ClN6O2S. The Balaban J connectivity index is 1.04. The van der Waals surface area contributed by atoms with Crippen molar-refractivity contribution in [3.05, 3.63) is 53.3 Å². The fourth-order valence-corrected chi connectivity index (χ4v) is 5.33. The first kappa shape index (κ1) is 22.6. The van der Waals surface area contributed by atoms with Crippen molar-refractivity contribution in [1.29, 1.82) is 0 Å². The average molecular weight is 497 g/mol. The summed E-state index contributed by atoms with van der Waals surface area (Å²) in [5.41, 5.74) is 3.03. The highest BCUT2D eigenvalue weighted by Crippen LogP contribution is 2.27. The third-order valence-corrected chi connectivity index (χ3v) is 7.34. The lowest BCUT2D eigenvalue weighted by molar-refractivity contribution is -0.133. The van der Waals surface area contributed by atoms with Gasteiger partial charge in [-0.25, -0.2) is 9.97 Å². The molecule has 1 aromatic carbocycles. The summed E-state index contributed by atoms with van der Waals surface area (Å²) in [6.07, 6.45) is 4.83. The van der Waals surface area contributed by atoms with Gasteiger partial charge in [0.1, 0.15) is 10.3 Å². The fraction of sp³-hybridized carbons (Fsp3) is 0.333. The van der Waals surface area contributed by atoms with Gasteiger partial charge in [0.2, 0.25) is 11.8 Å². The van der Waals surface area contributed by atoms with Crippen LogP contribution < -0.4 is 10.2 Å². The van der Waals surface area contributed by atoms with E-state index in [9.17, 15) is 9.59 Å². The van der Waals surface area contributed by atoms with Crippen LogP contribution in [0.5, 0.6) is 0 Å². The van der Waals surface area contributed by atoms with Crippen molar-refractivity contribution in [3.8, 4) is 0 Å². The number of amides is 2. The number of H-pyrrole nitrogens is 1. The van der Waals surface area contributed by atoms with Crippen LogP contribution in [0.15, 0.2) is 42.7 Å². The number of nitrogens with zero attached hydrogens (tertiary/aromatic N) is 4. The van der Waals surface area contributed by atoms with Crippen LogP contribution in [-0.4, -0.2) is 64.4 Å². The summed E-state index contributed by atoms with van der Waals surface area (Å²) in [5.74, 6) is -0.0844. The Kier molecular flexibility index (Phi) is 6.64. The number of fused-ring (bicyclic) bond motifs is 2. The number of aromatic amines is 1. The Morgan fingerprint density at radius 1 is 1.15 bits per heavy atom. The van der Waals surface area contributed by atoms with E-state index in [1.807, 2.05) is 41.4 Å². The van der Waals surface area contributed by atoms with Crippen molar-refractivity contribution in [2.45, 2.75) is 19.3 Å². The average Bonchev–Trinajstić information content (AvgIpc) is 3.47. The maximum absolute atomic E-state index is 12.6. The van der Waals surface area contributed by atoms with Gasteiger partial charge in [-0.2, -0.15) is 0 Å². The third-order valence-electron chi connectivity index (χ3n) is 6.07. The standard InChI is InChI=1S/C24H25ClN6O2S/c25-17-3-4-19-18(14-17)16(15-28-19)7-9-26-21(32)5-6-22(33)30-10-12-31(13-11-30)24-29-20-2-1-8-27-23(20)34-24/h1-4,8,14-15,28H,5-7,9-13H2,(H,26,32). The molecule has 1 fully saturated rings. The maximum atomic E-state index is 12.6. The molecular weight excluding hydrogens is 472 g/mol. The first-order valence-electron chi connectivity index (χ1n) is 11.3. The number of hydrogen-bond donors (Lipinski definition) is 2. The van der Waals surface area contributed by atoms with E-state index in [0.717, 1.165) is 45.0 Å². The smallest absolute Gasteiger partial charge is 0.223 e. The number of rotatable bonds is 7. The number of thiazole rings is 1. The molecule has 1 saturated heterocycles. The fourth-order valence-electron chi connectivity index (χ4n) is 4.20. The molecule has 0 radical (unpaired) electrons. The normalized spacial score (nSPS) is 14.1. The van der Waals surface area contributed by atoms with Crippen molar-refractivity contribution >= 4 is 61.1 Å². The summed E-state index contributed by atoms with van der Waals surface area (Å²) >= 11 is 7.67. The second-order valence-corrected chi connectivity index (χ2v) is 9.69. The van der Waals surface area contributed by atoms with Crippen LogP contribution in [0.2, 0.25) is 5.02 Å². The minimum atomic E-state index is -0.105. The van der Waals surface area contributed by atoms with Crippen molar-refractivity contribution < 1.29 is 9.59 Å². The van der Waals surface area contributed by atoms with E-state index in [-0.39, 0.29) is 24.7 Å². The molecule has 0 saturated carbocycles. The Morgan fingerprint density at radius 2 is 2.00 bits per heavy atom. The SMILES string of the molecule is O=C(CCC(=O)N1CCN(c2nc3cccnc3s2)CC1)NCCc1c[nH]c2ccc(Cl)cc12. The van der Waals surface area contributed by atoms with E-state index in [1.54, 1.807) is 17.5 Å². The van der Waals surface area contributed by atoms with Crippen LogP contribution in [-0.2, 0) is 16.0 Å². The molecule has 10 heteroatoms. The predicted octanol–water partition coefficient (Wildman–Crippen LogP) is 3.61. The van der Waals surface area contributed by atoms with E-state index in [1.165, 1.54) is 0 Å². The second kappa shape index (κ2) is 9.99. The zero-order valence-electron chi connectivity index (χ0n) is 18.6. The van der Waals surface area contributed by atoms with Crippen molar-refractivity contribution in [2.75, 3.05) is 37.6 Å².